The fourth-order valence-corrected chi connectivity index (χ4v) is 3.30. The number of thiophene rings is 1. The Morgan fingerprint density at radius 1 is 1.47 bits per heavy atom. The van der Waals surface area contributed by atoms with E-state index in [1.54, 1.807) is 17.5 Å². The molecule has 0 amide bonds. The molecule has 0 saturated carbocycles. The molecule has 1 heterocycles. The molecule has 0 bridgehead atoms. The van der Waals surface area contributed by atoms with E-state index in [2.05, 4.69) is 0 Å². The molecule has 0 aromatic carbocycles. The minimum absolute atomic E-state index is 0.243. The van der Waals surface area contributed by atoms with Crippen LogP contribution < -0.4 is 0 Å². The summed E-state index contributed by atoms with van der Waals surface area (Å²) in [7, 11) is -2.79. The highest BCUT2D eigenvalue weighted by molar-refractivity contribution is 7.89. The van der Waals surface area contributed by atoms with Crippen LogP contribution in [-0.2, 0) is 16.4 Å². The summed E-state index contributed by atoms with van der Waals surface area (Å²) in [5.74, 6) is -0.283. The van der Waals surface area contributed by atoms with Gasteiger partial charge in [0.2, 0.25) is 10.0 Å². The molecule has 4 nitrogen and oxygen atoms in total. The molecule has 0 radical (unpaired) electrons. The van der Waals surface area contributed by atoms with Crippen LogP contribution in [0.3, 0.4) is 0 Å². The standard InChI is InChI=1S/C10H14F3NO3S2/c1-14(7-9(15)10(11,12)13)19(16,17)6-4-8-3-2-5-18-8/h2-3,5,9,15H,4,6-7H2,1H3/t9-/m1/s1. The van der Waals surface area contributed by atoms with Crippen LogP contribution in [0.4, 0.5) is 13.2 Å². The van der Waals surface area contributed by atoms with Crippen molar-refractivity contribution < 1.29 is 26.7 Å². The number of hydrogen-bond acceptors (Lipinski definition) is 4. The molecule has 1 aromatic rings. The van der Waals surface area contributed by atoms with Crippen LogP contribution in [-0.4, -0.2) is 49.5 Å². The second kappa shape index (κ2) is 6.21. The first-order chi connectivity index (χ1) is 8.63. The number of sulfonamides is 1. The SMILES string of the molecule is CN(C[C@@H](O)C(F)(F)F)S(=O)(=O)CCc1cccs1. The van der Waals surface area contributed by atoms with Crippen LogP contribution in [0.1, 0.15) is 4.88 Å². The number of aliphatic hydroxyl groups excluding tert-OH is 1. The molecular formula is C10H14F3NO3S2. The van der Waals surface area contributed by atoms with E-state index in [-0.39, 0.29) is 12.2 Å². The molecule has 1 rings (SSSR count). The Balaban J connectivity index is 2.57. The number of hydrogen-bond donors (Lipinski definition) is 1. The van der Waals surface area contributed by atoms with Gasteiger partial charge in [0.15, 0.2) is 6.10 Å². The Bertz CT molecular complexity index is 485. The van der Waals surface area contributed by atoms with Gasteiger partial charge in [-0.3, -0.25) is 0 Å². The van der Waals surface area contributed by atoms with Gasteiger partial charge in [-0.25, -0.2) is 12.7 Å². The van der Waals surface area contributed by atoms with Crippen molar-refractivity contribution >= 4 is 21.4 Å². The zero-order valence-electron chi connectivity index (χ0n) is 10.1. The van der Waals surface area contributed by atoms with E-state index in [9.17, 15) is 21.6 Å². The van der Waals surface area contributed by atoms with Gasteiger partial charge >= 0.3 is 6.18 Å². The van der Waals surface area contributed by atoms with Crippen LogP contribution in [0.2, 0.25) is 0 Å². The Labute approximate surface area is 113 Å². The summed E-state index contributed by atoms with van der Waals surface area (Å²) in [5.41, 5.74) is 0. The molecule has 1 aromatic heterocycles. The molecule has 19 heavy (non-hydrogen) atoms. The van der Waals surface area contributed by atoms with E-state index in [0.29, 0.717) is 4.31 Å². The first-order valence-corrected chi connectivity index (χ1v) is 7.83. The molecule has 0 saturated heterocycles. The van der Waals surface area contributed by atoms with Crippen LogP contribution in [0.25, 0.3) is 0 Å². The smallest absolute Gasteiger partial charge is 0.382 e. The van der Waals surface area contributed by atoms with Crippen molar-refractivity contribution in [2.45, 2.75) is 18.7 Å². The third kappa shape index (κ3) is 5.09. The van der Waals surface area contributed by atoms with E-state index < -0.39 is 28.8 Å². The minimum atomic E-state index is -4.82. The van der Waals surface area contributed by atoms with E-state index in [4.69, 9.17) is 5.11 Å². The number of aryl methyl sites for hydroxylation is 1. The first-order valence-electron chi connectivity index (χ1n) is 5.34. The summed E-state index contributed by atoms with van der Waals surface area (Å²) in [6.07, 6.45) is -7.25. The van der Waals surface area contributed by atoms with E-state index in [1.807, 2.05) is 0 Å². The Kier molecular flexibility index (Phi) is 5.36. The molecule has 0 fully saturated rings. The predicted molar refractivity (Wildman–Crippen MR) is 66.5 cm³/mol. The van der Waals surface area contributed by atoms with Crippen molar-refractivity contribution in [1.82, 2.24) is 4.31 Å². The largest absolute Gasteiger partial charge is 0.415 e. The molecule has 110 valence electrons. The second-order valence-electron chi connectivity index (χ2n) is 3.98. The van der Waals surface area contributed by atoms with Crippen molar-refractivity contribution in [2.24, 2.45) is 0 Å². The fourth-order valence-electron chi connectivity index (χ4n) is 1.30. The summed E-state index contributed by atoms with van der Waals surface area (Å²) >= 11 is 1.38. The van der Waals surface area contributed by atoms with Gasteiger partial charge in [-0.15, -0.1) is 11.3 Å². The van der Waals surface area contributed by atoms with Crippen LogP contribution in [0, 0.1) is 0 Å². The Hall–Kier alpha value is -0.640. The van der Waals surface area contributed by atoms with Gasteiger partial charge in [0.05, 0.1) is 5.75 Å². The number of nitrogens with zero attached hydrogens (tertiary/aromatic N) is 1. The number of halogens is 3. The quantitative estimate of drug-likeness (QED) is 0.864. The Morgan fingerprint density at radius 3 is 2.58 bits per heavy atom. The molecule has 9 heteroatoms. The first kappa shape index (κ1) is 16.4. The second-order valence-corrected chi connectivity index (χ2v) is 7.21. The average molecular weight is 317 g/mol. The van der Waals surface area contributed by atoms with Crippen LogP contribution in [0.5, 0.6) is 0 Å². The van der Waals surface area contributed by atoms with Crippen LogP contribution >= 0.6 is 11.3 Å². The van der Waals surface area contributed by atoms with Gasteiger partial charge in [0.25, 0.3) is 0 Å². The lowest BCUT2D eigenvalue weighted by Gasteiger charge is -2.21. The highest BCUT2D eigenvalue weighted by Gasteiger charge is 2.40. The Morgan fingerprint density at radius 2 is 2.11 bits per heavy atom. The lowest BCUT2D eigenvalue weighted by Crippen LogP contribution is -2.42. The van der Waals surface area contributed by atoms with Gasteiger partial charge < -0.3 is 5.11 Å². The summed E-state index contributed by atoms with van der Waals surface area (Å²) in [6.45, 7) is -0.990. The highest BCUT2D eigenvalue weighted by Crippen LogP contribution is 2.21. The minimum Gasteiger partial charge on any atom is -0.382 e. The average Bonchev–Trinajstić information content (AvgIpc) is 2.77. The molecule has 0 spiro atoms. The molecule has 0 unspecified atom stereocenters. The summed E-state index contributed by atoms with van der Waals surface area (Å²) in [4.78, 5) is 0.841. The third-order valence-electron chi connectivity index (χ3n) is 2.47. The molecular weight excluding hydrogens is 303 g/mol. The topological polar surface area (TPSA) is 57.6 Å². The maximum absolute atomic E-state index is 12.1. The van der Waals surface area contributed by atoms with Gasteiger partial charge in [-0.2, -0.15) is 13.2 Å². The maximum Gasteiger partial charge on any atom is 0.415 e. The number of aliphatic hydroxyl groups is 1. The lowest BCUT2D eigenvalue weighted by atomic mass is 10.3. The molecule has 1 N–H and O–H groups in total. The number of rotatable bonds is 6. The van der Waals surface area contributed by atoms with Crippen molar-refractivity contribution in [2.75, 3.05) is 19.3 Å². The zero-order valence-corrected chi connectivity index (χ0v) is 11.7. The zero-order chi connectivity index (χ0) is 14.7. The monoisotopic (exact) mass is 317 g/mol. The summed E-state index contributed by atoms with van der Waals surface area (Å²) in [6, 6.07) is 3.52. The lowest BCUT2D eigenvalue weighted by molar-refractivity contribution is -0.204. The molecule has 0 aliphatic carbocycles. The summed E-state index contributed by atoms with van der Waals surface area (Å²) < 4.78 is 60.4. The van der Waals surface area contributed by atoms with Gasteiger partial charge in [-0.1, -0.05) is 6.07 Å². The molecule has 0 aliphatic rings. The molecule has 1 atom stereocenters. The normalized spacial score (nSPS) is 14.8. The van der Waals surface area contributed by atoms with Gasteiger partial charge in [-0.05, 0) is 17.9 Å². The molecule has 0 aliphatic heterocycles. The van der Waals surface area contributed by atoms with Crippen LogP contribution in [0.15, 0.2) is 17.5 Å². The highest BCUT2D eigenvalue weighted by atomic mass is 32.2. The van der Waals surface area contributed by atoms with E-state index in [0.717, 1.165) is 11.9 Å². The number of likely N-dealkylation sites (N-methyl/N-ethyl adjacent to an activating group) is 1. The van der Waals surface area contributed by atoms with E-state index in [1.165, 1.54) is 11.3 Å². The van der Waals surface area contributed by atoms with Crippen molar-refractivity contribution in [3.63, 3.8) is 0 Å². The van der Waals surface area contributed by atoms with E-state index >= 15 is 0 Å². The van der Waals surface area contributed by atoms with Gasteiger partial charge in [0, 0.05) is 18.5 Å². The maximum atomic E-state index is 12.1. The third-order valence-corrected chi connectivity index (χ3v) is 5.22. The number of alkyl halides is 3. The van der Waals surface area contributed by atoms with Crippen molar-refractivity contribution in [1.29, 1.82) is 0 Å². The van der Waals surface area contributed by atoms with Gasteiger partial charge in [0.1, 0.15) is 0 Å². The van der Waals surface area contributed by atoms with Crippen molar-refractivity contribution in [3.8, 4) is 0 Å². The predicted octanol–water partition coefficient (Wildman–Crippen LogP) is 1.48. The fraction of sp³-hybridized carbons (Fsp3) is 0.600. The summed E-state index contributed by atoms with van der Waals surface area (Å²) in [5, 5.41) is 10.6. The van der Waals surface area contributed by atoms with Crippen molar-refractivity contribution in [3.05, 3.63) is 22.4 Å².